The summed E-state index contributed by atoms with van der Waals surface area (Å²) in [5.74, 6) is -5.43. The highest BCUT2D eigenvalue weighted by Gasteiger charge is 2.63. The summed E-state index contributed by atoms with van der Waals surface area (Å²) in [5, 5.41) is 3.97. The third kappa shape index (κ3) is 3.41. The highest BCUT2D eigenvalue weighted by Crippen LogP contribution is 2.44. The number of hydrogen-bond donors (Lipinski definition) is 1. The van der Waals surface area contributed by atoms with Crippen molar-refractivity contribution in [3.63, 3.8) is 0 Å². The van der Waals surface area contributed by atoms with Gasteiger partial charge in [0.25, 0.3) is 5.92 Å². The van der Waals surface area contributed by atoms with Gasteiger partial charge in [-0.25, -0.2) is 35.5 Å². The molecule has 2 aliphatic heterocycles. The van der Waals surface area contributed by atoms with Gasteiger partial charge in [0.2, 0.25) is 10.0 Å². The second-order valence-corrected chi connectivity index (χ2v) is 10.2. The zero-order valence-corrected chi connectivity index (χ0v) is 18.7. The lowest BCUT2D eigenvalue weighted by Gasteiger charge is -2.23. The van der Waals surface area contributed by atoms with Crippen molar-refractivity contribution < 1.29 is 35.3 Å². The van der Waals surface area contributed by atoms with Crippen molar-refractivity contribution >= 4 is 32.8 Å². The van der Waals surface area contributed by atoms with E-state index in [1.165, 1.54) is 12.1 Å². The minimum Gasteiger partial charge on any atom is -0.354 e. The van der Waals surface area contributed by atoms with E-state index in [0.29, 0.717) is 5.56 Å². The second kappa shape index (κ2) is 7.40. The molecule has 8 nitrogen and oxygen atoms in total. The van der Waals surface area contributed by atoms with Crippen LogP contribution in [0.2, 0.25) is 0 Å². The number of aryl methyl sites for hydroxylation is 1. The maximum atomic E-state index is 15.0. The van der Waals surface area contributed by atoms with E-state index in [-0.39, 0.29) is 27.9 Å². The number of sulfonamides is 1. The normalized spacial score (nSPS) is 22.1. The lowest BCUT2D eigenvalue weighted by atomic mass is 9.98. The third-order valence-corrected chi connectivity index (χ3v) is 6.75. The molecule has 0 bridgehead atoms. The molecule has 2 aliphatic rings. The lowest BCUT2D eigenvalue weighted by molar-refractivity contribution is -0.0324. The number of nitrogens with one attached hydrogen (secondary N) is 1. The number of hydrogen-bond acceptors (Lipinski definition) is 5. The minimum absolute atomic E-state index is 0.0603. The molecule has 0 aliphatic carbocycles. The molecular formula is C21H18F4N4O4S. The zero-order valence-electron chi connectivity index (χ0n) is 17.9. The van der Waals surface area contributed by atoms with Gasteiger partial charge in [-0.15, -0.1) is 0 Å². The summed E-state index contributed by atoms with van der Waals surface area (Å²) in [6.45, 7) is 0.600. The smallest absolute Gasteiger partial charge is 0.326 e. The molecule has 2 saturated heterocycles. The van der Waals surface area contributed by atoms with Crippen LogP contribution in [0.4, 0.5) is 28.2 Å². The number of alkyl halides is 2. The van der Waals surface area contributed by atoms with Crippen LogP contribution in [0, 0.1) is 18.6 Å². The first-order chi connectivity index (χ1) is 15.9. The van der Waals surface area contributed by atoms with Gasteiger partial charge in [0.15, 0.2) is 11.4 Å². The van der Waals surface area contributed by atoms with Gasteiger partial charge >= 0.3 is 6.03 Å². The monoisotopic (exact) mass is 498 g/mol. The lowest BCUT2D eigenvalue weighted by Crippen LogP contribution is -2.50. The fourth-order valence-corrected chi connectivity index (χ4v) is 5.35. The van der Waals surface area contributed by atoms with Crippen molar-refractivity contribution in [2.24, 2.45) is 0 Å². The van der Waals surface area contributed by atoms with Crippen LogP contribution in [-0.2, 0) is 10.0 Å². The summed E-state index contributed by atoms with van der Waals surface area (Å²) in [5.41, 5.74) is 0.416. The molecule has 1 N–H and O–H groups in total. The van der Waals surface area contributed by atoms with E-state index in [1.54, 1.807) is 13.0 Å². The molecular weight excluding hydrogens is 480 g/mol. The number of nitrogens with zero attached hydrogens (tertiary/aromatic N) is 3. The second-order valence-electron chi connectivity index (χ2n) is 8.47. The third-order valence-electron chi connectivity index (χ3n) is 6.04. The summed E-state index contributed by atoms with van der Waals surface area (Å²) >= 11 is 0. The van der Waals surface area contributed by atoms with Gasteiger partial charge in [-0.1, -0.05) is 17.3 Å². The van der Waals surface area contributed by atoms with Crippen molar-refractivity contribution in [3.05, 3.63) is 47.5 Å². The van der Waals surface area contributed by atoms with E-state index in [0.717, 1.165) is 28.2 Å². The minimum atomic E-state index is -3.94. The van der Waals surface area contributed by atoms with Crippen LogP contribution in [0.25, 0.3) is 22.1 Å². The quantitative estimate of drug-likeness (QED) is 0.558. The molecule has 0 saturated carbocycles. The predicted molar refractivity (Wildman–Crippen MR) is 114 cm³/mol. The molecule has 13 heteroatoms. The molecule has 2 fully saturated rings. The Morgan fingerprint density at radius 1 is 1.18 bits per heavy atom. The molecule has 2 atom stereocenters. The van der Waals surface area contributed by atoms with Gasteiger partial charge in [0.1, 0.15) is 23.7 Å². The number of aromatic nitrogens is 1. The standard InChI is InChI=1S/C21H18F4N4O4S/c1-10-6-11(17-12(22)4-3-5-13(17)23)18-14(7-10)33-26-19(18)29-9-16-21(24,25)15(27-34(2,31)32)8-28(16)20(29)30/h3-7,15-16,27H,8-9H2,1-2H3/t15-,16-/m1/s1. The van der Waals surface area contributed by atoms with Crippen LogP contribution in [0.3, 0.4) is 0 Å². The Bertz CT molecular complexity index is 1420. The van der Waals surface area contributed by atoms with Crippen molar-refractivity contribution in [2.45, 2.75) is 24.9 Å². The number of anilines is 1. The Morgan fingerprint density at radius 3 is 2.47 bits per heavy atom. The zero-order chi connectivity index (χ0) is 24.6. The maximum Gasteiger partial charge on any atom is 0.326 e. The Morgan fingerprint density at radius 2 is 1.85 bits per heavy atom. The largest absolute Gasteiger partial charge is 0.354 e. The van der Waals surface area contributed by atoms with E-state index in [1.807, 2.05) is 4.72 Å². The van der Waals surface area contributed by atoms with Gasteiger partial charge in [-0.3, -0.25) is 4.90 Å². The van der Waals surface area contributed by atoms with Crippen LogP contribution >= 0.6 is 0 Å². The maximum absolute atomic E-state index is 15.0. The van der Waals surface area contributed by atoms with Crippen LogP contribution in [0.1, 0.15) is 5.56 Å². The molecule has 0 radical (unpaired) electrons. The predicted octanol–water partition coefficient (Wildman–Crippen LogP) is 3.26. The Kier molecular flexibility index (Phi) is 4.92. The Hall–Kier alpha value is -3.19. The molecule has 2 amide bonds. The van der Waals surface area contributed by atoms with E-state index in [4.69, 9.17) is 4.52 Å². The van der Waals surface area contributed by atoms with Crippen molar-refractivity contribution in [2.75, 3.05) is 24.2 Å². The molecule has 180 valence electrons. The topological polar surface area (TPSA) is 95.8 Å². The summed E-state index contributed by atoms with van der Waals surface area (Å²) < 4.78 is 89.4. The van der Waals surface area contributed by atoms with Gasteiger partial charge < -0.3 is 9.42 Å². The SMILES string of the molecule is Cc1cc(-c2c(F)cccc2F)c2c(N3C[C@H]4N(C[C@@H](NS(C)(=O)=O)C4(F)F)C3=O)noc2c1. The summed E-state index contributed by atoms with van der Waals surface area (Å²) in [4.78, 5) is 14.9. The molecule has 0 spiro atoms. The van der Waals surface area contributed by atoms with Gasteiger partial charge in [-0.2, -0.15) is 0 Å². The van der Waals surface area contributed by atoms with Gasteiger partial charge in [0, 0.05) is 12.1 Å². The van der Waals surface area contributed by atoms with E-state index >= 15 is 8.78 Å². The van der Waals surface area contributed by atoms with Crippen LogP contribution in [0.5, 0.6) is 0 Å². The first kappa shape index (κ1) is 22.6. The van der Waals surface area contributed by atoms with Crippen molar-refractivity contribution in [1.29, 1.82) is 0 Å². The average molecular weight is 498 g/mol. The Balaban J connectivity index is 1.60. The van der Waals surface area contributed by atoms with Crippen molar-refractivity contribution in [1.82, 2.24) is 14.8 Å². The summed E-state index contributed by atoms with van der Waals surface area (Å²) in [7, 11) is -3.94. The molecule has 3 aromatic rings. The number of carbonyl (C=O) groups excluding carboxylic acids is 1. The fourth-order valence-electron chi connectivity index (χ4n) is 4.61. The molecule has 0 unspecified atom stereocenters. The van der Waals surface area contributed by atoms with E-state index in [2.05, 4.69) is 5.16 Å². The number of fused-ring (bicyclic) bond motifs is 2. The molecule has 5 rings (SSSR count). The molecule has 3 heterocycles. The summed E-state index contributed by atoms with van der Waals surface area (Å²) in [6, 6.07) is 2.14. The average Bonchev–Trinajstić information content (AvgIpc) is 3.34. The highest BCUT2D eigenvalue weighted by atomic mass is 32.2. The van der Waals surface area contributed by atoms with Crippen LogP contribution in [0.15, 0.2) is 34.9 Å². The molecule has 1 aromatic heterocycles. The van der Waals surface area contributed by atoms with E-state index in [9.17, 15) is 22.0 Å². The summed E-state index contributed by atoms with van der Waals surface area (Å²) in [6.07, 6.45) is 0.757. The van der Waals surface area contributed by atoms with Crippen LogP contribution < -0.4 is 9.62 Å². The molecule has 34 heavy (non-hydrogen) atoms. The van der Waals surface area contributed by atoms with Crippen molar-refractivity contribution in [3.8, 4) is 11.1 Å². The number of rotatable bonds is 4. The first-order valence-electron chi connectivity index (χ1n) is 10.2. The van der Waals surface area contributed by atoms with Crippen LogP contribution in [-0.4, -0.2) is 61.9 Å². The first-order valence-corrected chi connectivity index (χ1v) is 12.1. The van der Waals surface area contributed by atoms with Gasteiger partial charge in [-0.05, 0) is 30.7 Å². The van der Waals surface area contributed by atoms with Gasteiger partial charge in [0.05, 0.1) is 23.8 Å². The number of benzene rings is 2. The number of urea groups is 1. The number of carbonyl (C=O) groups is 1. The fraction of sp³-hybridized carbons (Fsp3) is 0.333. The molecule has 2 aromatic carbocycles. The van der Waals surface area contributed by atoms with E-state index < -0.39 is 58.8 Å². The number of halogens is 4. The Labute approximate surface area is 191 Å². The highest BCUT2D eigenvalue weighted by molar-refractivity contribution is 7.88. The number of amides is 2.